The highest BCUT2D eigenvalue weighted by Gasteiger charge is 2.32. The number of carbonyl (C=O) groups excluding carboxylic acids is 4. The second-order valence-corrected chi connectivity index (χ2v) is 12.5. The molecule has 0 spiro atoms. The lowest BCUT2D eigenvalue weighted by molar-refractivity contribution is -0.134. The molecule has 3 rings (SSSR count). The zero-order valence-electron chi connectivity index (χ0n) is 29.9. The van der Waals surface area contributed by atoms with E-state index in [9.17, 15) is 29.4 Å². The third-order valence-electron chi connectivity index (χ3n) is 8.72. The van der Waals surface area contributed by atoms with Crippen LogP contribution in [-0.2, 0) is 32.0 Å². The first-order valence-electron chi connectivity index (χ1n) is 17.3. The molecular weight excluding hydrogens is 656 g/mol. The number of aromatic hydroxyl groups is 2. The van der Waals surface area contributed by atoms with Crippen molar-refractivity contribution in [2.75, 3.05) is 54.4 Å². The van der Waals surface area contributed by atoms with Crippen LogP contribution in [0, 0.1) is 5.41 Å². The highest BCUT2D eigenvalue weighted by Crippen LogP contribution is 2.31. The Labute approximate surface area is 299 Å². The number of benzene rings is 2. The molecule has 0 fully saturated rings. The van der Waals surface area contributed by atoms with Gasteiger partial charge in [-0.1, -0.05) is 12.1 Å². The SMILES string of the molecule is CNCCC[C@@H]1NC(=O)[C@@H](NC)Cc2cc(ccc2O)-c2ccc(O)c(c2)C[C@@H](C(=O)NC(CCCNC(=N)NC)C(=O)NCCNC)NC1=O. The van der Waals surface area contributed by atoms with Crippen molar-refractivity contribution >= 4 is 29.6 Å². The Kier molecular flexibility index (Phi) is 16.4. The molecule has 1 aliphatic rings. The van der Waals surface area contributed by atoms with E-state index in [-0.39, 0.29) is 43.1 Å². The Balaban J connectivity index is 2.03. The number of hydrogen-bond acceptors (Lipinski definition) is 10. The molecule has 2 aromatic rings. The van der Waals surface area contributed by atoms with E-state index in [2.05, 4.69) is 47.9 Å². The van der Waals surface area contributed by atoms with Crippen LogP contribution in [-0.4, -0.2) is 118 Å². The highest BCUT2D eigenvalue weighted by molar-refractivity contribution is 5.95. The average Bonchev–Trinajstić information content (AvgIpc) is 3.12. The van der Waals surface area contributed by atoms with E-state index in [1.165, 1.54) is 6.07 Å². The first kappa shape index (κ1) is 40.5. The van der Waals surface area contributed by atoms with Crippen molar-refractivity contribution in [3.05, 3.63) is 47.5 Å². The summed E-state index contributed by atoms with van der Waals surface area (Å²) in [5, 5.41) is 55.2. The topological polar surface area (TPSA) is 241 Å². The van der Waals surface area contributed by atoms with Crippen LogP contribution < -0.4 is 47.9 Å². The second kappa shape index (κ2) is 20.7. The van der Waals surface area contributed by atoms with Gasteiger partial charge in [0.1, 0.15) is 29.6 Å². The van der Waals surface area contributed by atoms with E-state index in [1.54, 1.807) is 58.5 Å². The van der Waals surface area contributed by atoms with Gasteiger partial charge in [-0.05, 0) is 99.9 Å². The van der Waals surface area contributed by atoms with Crippen molar-refractivity contribution in [3.63, 3.8) is 0 Å². The predicted molar refractivity (Wildman–Crippen MR) is 195 cm³/mol. The zero-order chi connectivity index (χ0) is 37.3. The fourth-order valence-corrected chi connectivity index (χ4v) is 5.71. The number of carbonyl (C=O) groups is 4. The minimum absolute atomic E-state index is 0.00999. The molecule has 2 aromatic carbocycles. The number of hydrogen-bond donors (Lipinski definition) is 12. The number of rotatable bonds is 15. The summed E-state index contributed by atoms with van der Waals surface area (Å²) < 4.78 is 0. The maximum atomic E-state index is 14.1. The van der Waals surface area contributed by atoms with E-state index in [1.807, 2.05) is 0 Å². The van der Waals surface area contributed by atoms with E-state index in [0.29, 0.717) is 61.3 Å². The zero-order valence-corrected chi connectivity index (χ0v) is 29.9. The molecule has 0 saturated carbocycles. The van der Waals surface area contributed by atoms with Gasteiger partial charge in [0.05, 0.1) is 6.04 Å². The van der Waals surface area contributed by atoms with Crippen LogP contribution in [0.15, 0.2) is 36.4 Å². The Bertz CT molecular complexity index is 1510. The predicted octanol–water partition coefficient (Wildman–Crippen LogP) is -1.24. The quantitative estimate of drug-likeness (QED) is 0.0593. The fourth-order valence-electron chi connectivity index (χ4n) is 5.71. The average molecular weight is 711 g/mol. The van der Waals surface area contributed by atoms with Gasteiger partial charge in [0.25, 0.3) is 0 Å². The Morgan fingerprint density at radius 2 is 1.47 bits per heavy atom. The van der Waals surface area contributed by atoms with E-state index < -0.39 is 47.8 Å². The van der Waals surface area contributed by atoms with Crippen LogP contribution in [0.4, 0.5) is 0 Å². The van der Waals surface area contributed by atoms with Crippen LogP contribution in [0.3, 0.4) is 0 Å². The second-order valence-electron chi connectivity index (χ2n) is 12.5. The van der Waals surface area contributed by atoms with Gasteiger partial charge < -0.3 is 58.1 Å². The van der Waals surface area contributed by atoms with Gasteiger partial charge in [0.15, 0.2) is 5.96 Å². The number of nitrogens with one attached hydrogen (secondary N) is 10. The monoisotopic (exact) mass is 710 g/mol. The lowest BCUT2D eigenvalue weighted by atomic mass is 9.95. The van der Waals surface area contributed by atoms with Gasteiger partial charge in [-0.15, -0.1) is 0 Å². The van der Waals surface area contributed by atoms with E-state index >= 15 is 0 Å². The van der Waals surface area contributed by atoms with E-state index in [0.717, 1.165) is 0 Å². The molecule has 0 radical (unpaired) electrons. The number of fused-ring (bicyclic) bond motifs is 5. The summed E-state index contributed by atoms with van der Waals surface area (Å²) in [5.74, 6) is -2.09. The van der Waals surface area contributed by atoms with Gasteiger partial charge in [0, 0.05) is 39.5 Å². The molecule has 1 aliphatic heterocycles. The minimum atomic E-state index is -1.24. The first-order chi connectivity index (χ1) is 24.5. The summed E-state index contributed by atoms with van der Waals surface area (Å²) in [6.45, 7) is 1.79. The third-order valence-corrected chi connectivity index (χ3v) is 8.72. The van der Waals surface area contributed by atoms with Gasteiger partial charge in [-0.25, -0.2) is 0 Å². The van der Waals surface area contributed by atoms with Crippen LogP contribution in [0.2, 0.25) is 0 Å². The van der Waals surface area contributed by atoms with Crippen molar-refractivity contribution < 1.29 is 29.4 Å². The normalized spacial score (nSPS) is 18.2. The summed E-state index contributed by atoms with van der Waals surface area (Å²) in [5.41, 5.74) is 2.27. The summed E-state index contributed by atoms with van der Waals surface area (Å²) in [4.78, 5) is 54.9. The lowest BCUT2D eigenvalue weighted by Gasteiger charge is -2.27. The van der Waals surface area contributed by atoms with Gasteiger partial charge in [-0.3, -0.25) is 24.6 Å². The Morgan fingerprint density at radius 3 is 2.08 bits per heavy atom. The number of guanidine groups is 1. The largest absolute Gasteiger partial charge is 0.508 e. The molecule has 4 atom stereocenters. The summed E-state index contributed by atoms with van der Waals surface area (Å²) in [6.07, 6.45) is 1.47. The molecule has 4 bridgehead atoms. The molecule has 12 N–H and O–H groups in total. The van der Waals surface area contributed by atoms with E-state index in [4.69, 9.17) is 5.41 Å². The molecule has 0 aliphatic carbocycles. The van der Waals surface area contributed by atoms with Gasteiger partial charge in [0.2, 0.25) is 23.6 Å². The number of likely N-dealkylation sites (N-methyl/N-ethyl adjacent to an activating group) is 2. The van der Waals surface area contributed by atoms with Crippen molar-refractivity contribution in [2.45, 2.75) is 62.7 Å². The Morgan fingerprint density at radius 1 is 0.824 bits per heavy atom. The first-order valence-corrected chi connectivity index (χ1v) is 17.3. The molecule has 0 saturated heterocycles. The van der Waals surface area contributed by atoms with Crippen LogP contribution in [0.5, 0.6) is 11.5 Å². The fraction of sp³-hybridized carbons (Fsp3) is 0.514. The molecule has 0 aromatic heterocycles. The number of phenolic OH excluding ortho intramolecular Hbond substituents is 2. The van der Waals surface area contributed by atoms with Crippen molar-refractivity contribution in [3.8, 4) is 22.6 Å². The molecule has 1 unspecified atom stereocenters. The van der Waals surface area contributed by atoms with Crippen LogP contribution in [0.1, 0.15) is 36.8 Å². The number of amides is 4. The number of phenols is 2. The maximum Gasteiger partial charge on any atom is 0.243 e. The van der Waals surface area contributed by atoms with Crippen LogP contribution >= 0.6 is 0 Å². The summed E-state index contributed by atoms with van der Waals surface area (Å²) >= 11 is 0. The maximum absolute atomic E-state index is 14.1. The summed E-state index contributed by atoms with van der Waals surface area (Å²) in [7, 11) is 6.76. The molecular formula is C35H54N10O6. The smallest absolute Gasteiger partial charge is 0.243 e. The molecule has 16 heteroatoms. The molecule has 280 valence electrons. The molecule has 16 nitrogen and oxygen atoms in total. The van der Waals surface area contributed by atoms with Crippen molar-refractivity contribution in [2.24, 2.45) is 0 Å². The minimum Gasteiger partial charge on any atom is -0.508 e. The standard InChI is InChI=1S/C35H54N10O6/c1-37-13-5-7-26-32(49)45-28(34(51)43-25(31(48)41-16-15-38-2)8-6-14-42-35(36)40-4)20-24-18-22(10-12-30(24)47)21-9-11-29(46)23(17-21)19-27(39-3)33(50)44-26/h9-12,17-18,25-28,37-39,46-47H,5-8,13-16,19-20H2,1-4H3,(H,41,48)(H,43,51)(H,44,50)(H,45,49)(H3,36,40,42)/t25?,26-,27-,28-/m0/s1. The highest BCUT2D eigenvalue weighted by atomic mass is 16.3. The summed E-state index contributed by atoms with van der Waals surface area (Å²) in [6, 6.07) is 5.93. The van der Waals surface area contributed by atoms with Gasteiger partial charge >= 0.3 is 0 Å². The molecule has 51 heavy (non-hydrogen) atoms. The van der Waals surface area contributed by atoms with Crippen molar-refractivity contribution in [1.29, 1.82) is 5.41 Å². The lowest BCUT2D eigenvalue weighted by Crippen LogP contribution is -2.58. The van der Waals surface area contributed by atoms with Gasteiger partial charge in [-0.2, -0.15) is 0 Å². The molecule has 1 heterocycles. The molecule has 4 amide bonds. The van der Waals surface area contributed by atoms with Crippen molar-refractivity contribution in [1.82, 2.24) is 47.9 Å². The van der Waals surface area contributed by atoms with Crippen LogP contribution in [0.25, 0.3) is 11.1 Å². The Hall–Kier alpha value is -4.93. The third kappa shape index (κ3) is 12.4.